The molecule has 1 heterocycles. The molecule has 2 N–H and O–H groups in total. The van der Waals surface area contributed by atoms with E-state index in [0.717, 1.165) is 18.3 Å². The molecule has 0 aliphatic heterocycles. The Bertz CT molecular complexity index is 509. The highest BCUT2D eigenvalue weighted by molar-refractivity contribution is 5.84. The molecule has 20 heavy (non-hydrogen) atoms. The third-order valence-electron chi connectivity index (χ3n) is 2.00. The highest BCUT2D eigenvalue weighted by atomic mass is 19.3. The van der Waals surface area contributed by atoms with Gasteiger partial charge in [0.2, 0.25) is 0 Å². The fourth-order valence-corrected chi connectivity index (χ4v) is 1.18. The van der Waals surface area contributed by atoms with Crippen LogP contribution in [0.2, 0.25) is 0 Å². The summed E-state index contributed by atoms with van der Waals surface area (Å²) in [7, 11) is 0. The maximum atomic E-state index is 13.1. The van der Waals surface area contributed by atoms with Crippen molar-refractivity contribution in [2.45, 2.75) is 32.3 Å². The molecule has 0 aliphatic rings. The van der Waals surface area contributed by atoms with Gasteiger partial charge in [0.1, 0.15) is 11.3 Å². The van der Waals surface area contributed by atoms with E-state index in [9.17, 15) is 18.4 Å². The van der Waals surface area contributed by atoms with Crippen molar-refractivity contribution in [1.29, 1.82) is 0 Å². The van der Waals surface area contributed by atoms with Crippen LogP contribution in [0.1, 0.15) is 26.5 Å². The average Bonchev–Trinajstić information content (AvgIpc) is 2.26. The first-order valence-electron chi connectivity index (χ1n) is 5.60. The van der Waals surface area contributed by atoms with E-state index in [0.29, 0.717) is 0 Å². The molecule has 0 fully saturated rings. The zero-order chi connectivity index (χ0) is 15.6. The standard InChI is InChI=1S/C12H14F2N2O4/c1-11(2,3)20-10(19)16-7-4-5-8(15-6-7)12(13,14)9(17)18/h4-6H,1-3H3,(H,16,19)(H,17,18). The Kier molecular flexibility index (Phi) is 4.26. The molecule has 0 saturated heterocycles. The van der Waals surface area contributed by atoms with Crippen LogP contribution in [0.25, 0.3) is 0 Å². The monoisotopic (exact) mass is 288 g/mol. The summed E-state index contributed by atoms with van der Waals surface area (Å²) in [5.41, 5.74) is -1.50. The third-order valence-corrected chi connectivity index (χ3v) is 2.00. The van der Waals surface area contributed by atoms with E-state index in [2.05, 4.69) is 10.3 Å². The number of ether oxygens (including phenoxy) is 1. The van der Waals surface area contributed by atoms with Crippen LogP contribution in [-0.2, 0) is 15.5 Å². The van der Waals surface area contributed by atoms with Crippen LogP contribution in [0.4, 0.5) is 19.3 Å². The number of carboxylic acids is 1. The first-order valence-corrected chi connectivity index (χ1v) is 5.60. The van der Waals surface area contributed by atoms with Gasteiger partial charge in [-0.25, -0.2) is 9.59 Å². The second kappa shape index (κ2) is 5.40. The van der Waals surface area contributed by atoms with Gasteiger partial charge in [-0.2, -0.15) is 8.78 Å². The van der Waals surface area contributed by atoms with Crippen molar-refractivity contribution in [2.75, 3.05) is 5.32 Å². The SMILES string of the molecule is CC(C)(C)OC(=O)Nc1ccc(C(F)(F)C(=O)O)nc1. The van der Waals surface area contributed by atoms with E-state index < -0.39 is 29.3 Å². The summed E-state index contributed by atoms with van der Waals surface area (Å²) in [6.45, 7) is 5.00. The summed E-state index contributed by atoms with van der Waals surface area (Å²) in [5.74, 6) is -6.37. The topological polar surface area (TPSA) is 88.5 Å². The highest BCUT2D eigenvalue weighted by Crippen LogP contribution is 2.27. The number of rotatable bonds is 3. The minimum atomic E-state index is -4.08. The number of halogens is 2. The van der Waals surface area contributed by atoms with Crippen molar-refractivity contribution in [3.63, 3.8) is 0 Å². The second-order valence-electron chi connectivity index (χ2n) is 4.94. The molecule has 0 radical (unpaired) electrons. The fraction of sp³-hybridized carbons (Fsp3) is 0.417. The minimum absolute atomic E-state index is 0.115. The number of nitrogens with zero attached hydrogens (tertiary/aromatic N) is 1. The largest absolute Gasteiger partial charge is 0.476 e. The van der Waals surface area contributed by atoms with Crippen LogP contribution in [0.5, 0.6) is 0 Å². The van der Waals surface area contributed by atoms with Gasteiger partial charge in [-0.05, 0) is 32.9 Å². The van der Waals surface area contributed by atoms with E-state index in [-0.39, 0.29) is 5.69 Å². The van der Waals surface area contributed by atoms with Gasteiger partial charge in [-0.15, -0.1) is 0 Å². The number of aliphatic carboxylic acids is 1. The van der Waals surface area contributed by atoms with Gasteiger partial charge in [0.25, 0.3) is 0 Å². The van der Waals surface area contributed by atoms with Gasteiger partial charge in [0, 0.05) is 0 Å². The second-order valence-corrected chi connectivity index (χ2v) is 4.94. The molecule has 0 spiro atoms. The van der Waals surface area contributed by atoms with E-state index in [1.54, 1.807) is 20.8 Å². The van der Waals surface area contributed by atoms with Crippen LogP contribution < -0.4 is 5.32 Å². The number of hydrogen-bond donors (Lipinski definition) is 2. The molecule has 0 aromatic carbocycles. The first kappa shape index (κ1) is 15.8. The maximum Gasteiger partial charge on any atom is 0.412 e. The molecular weight excluding hydrogens is 274 g/mol. The number of carboxylic acid groups (broad SMARTS) is 1. The quantitative estimate of drug-likeness (QED) is 0.892. The van der Waals surface area contributed by atoms with Crippen molar-refractivity contribution >= 4 is 17.7 Å². The number of pyridine rings is 1. The van der Waals surface area contributed by atoms with Crippen molar-refractivity contribution in [3.05, 3.63) is 24.0 Å². The molecule has 1 aromatic rings. The molecule has 0 bridgehead atoms. The van der Waals surface area contributed by atoms with Crippen LogP contribution in [0.3, 0.4) is 0 Å². The van der Waals surface area contributed by atoms with Gasteiger partial charge >= 0.3 is 18.0 Å². The van der Waals surface area contributed by atoms with E-state index >= 15 is 0 Å². The predicted octanol–water partition coefficient (Wildman–Crippen LogP) is 2.61. The lowest BCUT2D eigenvalue weighted by atomic mass is 10.2. The Morgan fingerprint density at radius 2 is 1.90 bits per heavy atom. The molecule has 0 aliphatic carbocycles. The van der Waals surface area contributed by atoms with Gasteiger partial charge in [0.05, 0.1) is 11.9 Å². The number of alkyl halides is 2. The number of anilines is 1. The molecule has 6 nitrogen and oxygen atoms in total. The number of nitrogens with one attached hydrogen (secondary N) is 1. The van der Waals surface area contributed by atoms with Gasteiger partial charge in [-0.1, -0.05) is 0 Å². The van der Waals surface area contributed by atoms with Gasteiger partial charge in [-0.3, -0.25) is 10.3 Å². The number of carbonyl (C=O) groups excluding carboxylic acids is 1. The Hall–Kier alpha value is -2.25. The number of hydrogen-bond acceptors (Lipinski definition) is 4. The van der Waals surface area contributed by atoms with E-state index in [4.69, 9.17) is 9.84 Å². The Morgan fingerprint density at radius 1 is 1.30 bits per heavy atom. The van der Waals surface area contributed by atoms with Crippen molar-refractivity contribution in [3.8, 4) is 0 Å². The fourth-order valence-electron chi connectivity index (χ4n) is 1.18. The minimum Gasteiger partial charge on any atom is -0.476 e. The summed E-state index contributed by atoms with van der Waals surface area (Å²) >= 11 is 0. The average molecular weight is 288 g/mol. The molecule has 0 unspecified atom stereocenters. The Labute approximate surface area is 113 Å². The highest BCUT2D eigenvalue weighted by Gasteiger charge is 2.42. The zero-order valence-electron chi connectivity index (χ0n) is 11.1. The predicted molar refractivity (Wildman–Crippen MR) is 65.6 cm³/mol. The number of carbonyl (C=O) groups is 2. The summed E-state index contributed by atoms with van der Waals surface area (Å²) < 4.78 is 31.2. The Morgan fingerprint density at radius 3 is 2.30 bits per heavy atom. The van der Waals surface area contributed by atoms with Crippen molar-refractivity contribution < 1.29 is 28.2 Å². The van der Waals surface area contributed by atoms with Crippen molar-refractivity contribution in [2.24, 2.45) is 0 Å². The molecular formula is C12H14F2N2O4. The number of amides is 1. The maximum absolute atomic E-state index is 13.1. The van der Waals surface area contributed by atoms with Crippen LogP contribution >= 0.6 is 0 Å². The van der Waals surface area contributed by atoms with Crippen LogP contribution in [0, 0.1) is 0 Å². The molecule has 1 aromatic heterocycles. The van der Waals surface area contributed by atoms with Gasteiger partial charge in [0.15, 0.2) is 0 Å². The normalized spacial score (nSPS) is 11.8. The molecule has 110 valence electrons. The third kappa shape index (κ3) is 4.15. The number of aromatic nitrogens is 1. The molecule has 1 amide bonds. The van der Waals surface area contributed by atoms with E-state index in [1.807, 2.05) is 0 Å². The molecule has 0 atom stereocenters. The van der Waals surface area contributed by atoms with Crippen LogP contribution in [-0.4, -0.2) is 27.8 Å². The Balaban J connectivity index is 2.78. The molecule has 8 heteroatoms. The molecule has 0 saturated carbocycles. The summed E-state index contributed by atoms with van der Waals surface area (Å²) in [4.78, 5) is 25.1. The van der Waals surface area contributed by atoms with Gasteiger partial charge < -0.3 is 9.84 Å². The van der Waals surface area contributed by atoms with Crippen LogP contribution in [0.15, 0.2) is 18.3 Å². The summed E-state index contributed by atoms with van der Waals surface area (Å²) in [5, 5.41) is 10.6. The molecule has 1 rings (SSSR count). The van der Waals surface area contributed by atoms with Crippen molar-refractivity contribution in [1.82, 2.24) is 4.98 Å². The smallest absolute Gasteiger partial charge is 0.412 e. The zero-order valence-corrected chi connectivity index (χ0v) is 11.1. The lowest BCUT2D eigenvalue weighted by Gasteiger charge is -2.19. The lowest BCUT2D eigenvalue weighted by molar-refractivity contribution is -0.166. The van der Waals surface area contributed by atoms with E-state index in [1.165, 1.54) is 0 Å². The first-order chi connectivity index (χ1) is 9.02. The summed E-state index contributed by atoms with van der Waals surface area (Å²) in [6, 6.07) is 1.93. The summed E-state index contributed by atoms with van der Waals surface area (Å²) in [6.07, 6.45) is 0.160. The lowest BCUT2D eigenvalue weighted by Crippen LogP contribution is -2.28.